The fourth-order valence-corrected chi connectivity index (χ4v) is 2.41. The molecule has 1 atom stereocenters. The number of carbonyl (C=O) groups excluding carboxylic acids is 1. The van der Waals surface area contributed by atoms with Crippen LogP contribution in [0, 0.1) is 12.8 Å². The first-order valence-corrected chi connectivity index (χ1v) is 6.82. The topological polar surface area (TPSA) is 59.2 Å². The molecule has 0 aliphatic carbocycles. The fourth-order valence-electron chi connectivity index (χ4n) is 1.80. The van der Waals surface area contributed by atoms with Gasteiger partial charge in [-0.25, -0.2) is 4.98 Å². The van der Waals surface area contributed by atoms with Crippen molar-refractivity contribution in [3.8, 4) is 0 Å². The zero-order chi connectivity index (χ0) is 12.8. The van der Waals surface area contributed by atoms with Gasteiger partial charge in [-0.3, -0.25) is 4.79 Å². The van der Waals surface area contributed by atoms with Gasteiger partial charge >= 0.3 is 0 Å². The van der Waals surface area contributed by atoms with Crippen LogP contribution in [0.5, 0.6) is 0 Å². The third kappa shape index (κ3) is 4.09. The minimum atomic E-state index is -0.0512. The first kappa shape index (κ1) is 14.1. The number of hydrogen-bond donors (Lipinski definition) is 1. The lowest BCUT2D eigenvalue weighted by Gasteiger charge is -2.21. The molecule has 0 saturated carbocycles. The average Bonchev–Trinajstić information content (AvgIpc) is 2.70. The van der Waals surface area contributed by atoms with E-state index in [2.05, 4.69) is 11.9 Å². The van der Waals surface area contributed by atoms with E-state index in [-0.39, 0.29) is 11.8 Å². The molecule has 0 bridgehead atoms. The van der Waals surface area contributed by atoms with Gasteiger partial charge in [-0.15, -0.1) is 11.3 Å². The Labute approximate surface area is 107 Å². The molecule has 96 valence electrons. The lowest BCUT2D eigenvalue weighted by Crippen LogP contribution is -2.36. The molecule has 1 heterocycles. The summed E-state index contributed by atoms with van der Waals surface area (Å²) < 4.78 is 0. The van der Waals surface area contributed by atoms with Gasteiger partial charge in [0.25, 0.3) is 0 Å². The Morgan fingerprint density at radius 3 is 2.82 bits per heavy atom. The van der Waals surface area contributed by atoms with Crippen LogP contribution >= 0.6 is 11.3 Å². The third-order valence-electron chi connectivity index (χ3n) is 2.71. The Balaban J connectivity index is 2.56. The molecular weight excluding hydrogens is 234 g/mol. The van der Waals surface area contributed by atoms with Gasteiger partial charge < -0.3 is 10.6 Å². The summed E-state index contributed by atoms with van der Waals surface area (Å²) in [4.78, 5) is 18.2. The van der Waals surface area contributed by atoms with Crippen molar-refractivity contribution < 1.29 is 4.79 Å². The van der Waals surface area contributed by atoms with Gasteiger partial charge in [-0.05, 0) is 13.3 Å². The van der Waals surface area contributed by atoms with Crippen LogP contribution in [-0.4, -0.2) is 29.4 Å². The quantitative estimate of drug-likeness (QED) is 0.843. The van der Waals surface area contributed by atoms with Crippen molar-refractivity contribution in [1.29, 1.82) is 0 Å². The Morgan fingerprint density at radius 1 is 1.65 bits per heavy atom. The van der Waals surface area contributed by atoms with E-state index in [4.69, 9.17) is 5.73 Å². The van der Waals surface area contributed by atoms with E-state index in [1.165, 1.54) is 0 Å². The summed E-state index contributed by atoms with van der Waals surface area (Å²) in [6, 6.07) is 0. The lowest BCUT2D eigenvalue weighted by molar-refractivity contribution is -0.134. The van der Waals surface area contributed by atoms with Crippen LogP contribution in [-0.2, 0) is 11.3 Å². The van der Waals surface area contributed by atoms with Gasteiger partial charge in [-0.2, -0.15) is 0 Å². The molecule has 1 unspecified atom stereocenters. The largest absolute Gasteiger partial charge is 0.340 e. The minimum Gasteiger partial charge on any atom is -0.340 e. The van der Waals surface area contributed by atoms with Crippen molar-refractivity contribution >= 4 is 17.2 Å². The van der Waals surface area contributed by atoms with Gasteiger partial charge in [0, 0.05) is 19.0 Å². The van der Waals surface area contributed by atoms with Gasteiger partial charge in [0.2, 0.25) is 5.91 Å². The molecule has 1 aromatic heterocycles. The minimum absolute atomic E-state index is 0.0512. The standard InChI is InChI=1S/C12H21N3OS/c1-4-5-10(6-13)12(16)15(3)7-11-8-17-9(2)14-11/h8,10H,4-7,13H2,1-3H3. The number of nitrogens with zero attached hydrogens (tertiary/aromatic N) is 2. The Hall–Kier alpha value is -0.940. The van der Waals surface area contributed by atoms with E-state index in [1.54, 1.807) is 16.2 Å². The van der Waals surface area contributed by atoms with Gasteiger partial charge in [-0.1, -0.05) is 13.3 Å². The predicted molar refractivity (Wildman–Crippen MR) is 70.8 cm³/mol. The van der Waals surface area contributed by atoms with Crippen LogP contribution in [0.4, 0.5) is 0 Å². The highest BCUT2D eigenvalue weighted by molar-refractivity contribution is 7.09. The zero-order valence-corrected chi connectivity index (χ0v) is 11.6. The predicted octanol–water partition coefficient (Wildman–Crippen LogP) is 1.78. The van der Waals surface area contributed by atoms with Crippen LogP contribution in [0.25, 0.3) is 0 Å². The van der Waals surface area contributed by atoms with E-state index in [0.29, 0.717) is 13.1 Å². The van der Waals surface area contributed by atoms with Crippen molar-refractivity contribution in [2.24, 2.45) is 11.7 Å². The Bertz CT molecular complexity index is 364. The van der Waals surface area contributed by atoms with Gasteiger partial charge in [0.15, 0.2) is 0 Å². The second-order valence-electron chi connectivity index (χ2n) is 4.27. The monoisotopic (exact) mass is 255 g/mol. The molecule has 0 spiro atoms. The first-order chi connectivity index (χ1) is 8.08. The molecule has 0 aromatic carbocycles. The van der Waals surface area contributed by atoms with E-state index < -0.39 is 0 Å². The third-order valence-corrected chi connectivity index (χ3v) is 3.54. The lowest BCUT2D eigenvalue weighted by atomic mass is 10.0. The maximum absolute atomic E-state index is 12.1. The Kier molecular flexibility index (Phi) is 5.58. The Morgan fingerprint density at radius 2 is 2.35 bits per heavy atom. The number of hydrogen-bond acceptors (Lipinski definition) is 4. The molecule has 4 nitrogen and oxygen atoms in total. The van der Waals surface area contributed by atoms with E-state index in [1.807, 2.05) is 19.4 Å². The number of aryl methyl sites for hydroxylation is 1. The molecule has 0 aliphatic rings. The molecule has 5 heteroatoms. The SMILES string of the molecule is CCCC(CN)C(=O)N(C)Cc1csc(C)n1. The van der Waals surface area contributed by atoms with Crippen LogP contribution in [0.2, 0.25) is 0 Å². The van der Waals surface area contributed by atoms with Crippen LogP contribution in [0.15, 0.2) is 5.38 Å². The van der Waals surface area contributed by atoms with Crippen molar-refractivity contribution in [3.63, 3.8) is 0 Å². The highest BCUT2D eigenvalue weighted by atomic mass is 32.1. The molecule has 0 saturated heterocycles. The second kappa shape index (κ2) is 6.71. The van der Waals surface area contributed by atoms with E-state index >= 15 is 0 Å². The molecule has 1 amide bonds. The smallest absolute Gasteiger partial charge is 0.227 e. The van der Waals surface area contributed by atoms with Gasteiger partial charge in [0.05, 0.1) is 23.2 Å². The fraction of sp³-hybridized carbons (Fsp3) is 0.667. The van der Waals surface area contributed by atoms with Gasteiger partial charge in [0.1, 0.15) is 0 Å². The summed E-state index contributed by atoms with van der Waals surface area (Å²) in [5.41, 5.74) is 6.59. The first-order valence-electron chi connectivity index (χ1n) is 5.94. The van der Waals surface area contributed by atoms with E-state index in [9.17, 15) is 4.79 Å². The summed E-state index contributed by atoms with van der Waals surface area (Å²) >= 11 is 1.61. The van der Waals surface area contributed by atoms with E-state index in [0.717, 1.165) is 23.5 Å². The summed E-state index contributed by atoms with van der Waals surface area (Å²) in [6.07, 6.45) is 1.84. The van der Waals surface area contributed by atoms with Crippen LogP contribution < -0.4 is 5.73 Å². The molecule has 1 aromatic rings. The second-order valence-corrected chi connectivity index (χ2v) is 5.34. The molecule has 1 rings (SSSR count). The highest BCUT2D eigenvalue weighted by Crippen LogP contribution is 2.13. The molecule has 0 radical (unpaired) electrons. The molecule has 17 heavy (non-hydrogen) atoms. The number of thiazole rings is 1. The van der Waals surface area contributed by atoms with Crippen molar-refractivity contribution in [2.75, 3.05) is 13.6 Å². The number of nitrogens with two attached hydrogens (primary N) is 1. The maximum Gasteiger partial charge on any atom is 0.227 e. The highest BCUT2D eigenvalue weighted by Gasteiger charge is 2.20. The van der Waals surface area contributed by atoms with Crippen LogP contribution in [0.1, 0.15) is 30.5 Å². The number of aromatic nitrogens is 1. The van der Waals surface area contributed by atoms with Crippen molar-refractivity contribution in [2.45, 2.75) is 33.2 Å². The molecular formula is C12H21N3OS. The summed E-state index contributed by atoms with van der Waals surface area (Å²) in [6.45, 7) is 5.03. The molecule has 0 aliphatic heterocycles. The zero-order valence-electron chi connectivity index (χ0n) is 10.8. The number of carbonyl (C=O) groups is 1. The van der Waals surface area contributed by atoms with Crippen molar-refractivity contribution in [1.82, 2.24) is 9.88 Å². The maximum atomic E-state index is 12.1. The summed E-state index contributed by atoms with van der Waals surface area (Å²) in [5, 5.41) is 3.03. The number of amides is 1. The summed E-state index contributed by atoms with van der Waals surface area (Å²) in [5.74, 6) is 0.0738. The molecule has 2 N–H and O–H groups in total. The van der Waals surface area contributed by atoms with Crippen LogP contribution in [0.3, 0.4) is 0 Å². The average molecular weight is 255 g/mol. The summed E-state index contributed by atoms with van der Waals surface area (Å²) in [7, 11) is 1.81. The normalized spacial score (nSPS) is 12.5. The van der Waals surface area contributed by atoms with Crippen molar-refractivity contribution in [3.05, 3.63) is 16.1 Å². The molecule has 0 fully saturated rings. The number of rotatable bonds is 6.